The van der Waals surface area contributed by atoms with Gasteiger partial charge in [0.1, 0.15) is 0 Å². The Bertz CT molecular complexity index is 242. The summed E-state index contributed by atoms with van der Waals surface area (Å²) in [4.78, 5) is 0. The lowest BCUT2D eigenvalue weighted by atomic mass is 9.79. The van der Waals surface area contributed by atoms with Gasteiger partial charge >= 0.3 is 0 Å². The molecular formula is C13H23F2NO. The standard InChI is InChI=1S/C13H23F2NO/c14-13(15)5-1-2-10(9-13)8-12(17)11-3-6-16-7-4-11/h10-12,16-17H,1-9H2. The number of rotatable bonds is 3. The molecule has 17 heavy (non-hydrogen) atoms. The molecule has 0 spiro atoms. The fraction of sp³-hybridized carbons (Fsp3) is 1.00. The SMILES string of the molecule is OC(CC1CCCC(F)(F)C1)C1CCNCC1. The number of aliphatic hydroxyl groups excluding tert-OH is 1. The van der Waals surface area contributed by atoms with Crippen molar-refractivity contribution in [3.05, 3.63) is 0 Å². The number of piperidine rings is 1. The van der Waals surface area contributed by atoms with Gasteiger partial charge in [0.15, 0.2) is 0 Å². The van der Waals surface area contributed by atoms with E-state index in [1.54, 1.807) is 0 Å². The van der Waals surface area contributed by atoms with Crippen LogP contribution in [0.15, 0.2) is 0 Å². The van der Waals surface area contributed by atoms with Crippen molar-refractivity contribution in [2.24, 2.45) is 11.8 Å². The summed E-state index contributed by atoms with van der Waals surface area (Å²) in [5, 5.41) is 13.4. The molecule has 0 radical (unpaired) electrons. The summed E-state index contributed by atoms with van der Waals surface area (Å²) in [6.45, 7) is 1.89. The molecule has 1 aliphatic heterocycles. The van der Waals surface area contributed by atoms with Gasteiger partial charge in [-0.15, -0.1) is 0 Å². The molecule has 2 rings (SSSR count). The van der Waals surface area contributed by atoms with Gasteiger partial charge < -0.3 is 10.4 Å². The summed E-state index contributed by atoms with van der Waals surface area (Å²) in [6, 6.07) is 0. The van der Waals surface area contributed by atoms with Crippen LogP contribution in [0, 0.1) is 11.8 Å². The van der Waals surface area contributed by atoms with Crippen LogP contribution in [-0.4, -0.2) is 30.2 Å². The van der Waals surface area contributed by atoms with Gasteiger partial charge in [-0.3, -0.25) is 0 Å². The zero-order chi connectivity index (χ0) is 12.3. The second-order valence-electron chi connectivity index (χ2n) is 5.71. The average Bonchev–Trinajstić information content (AvgIpc) is 2.29. The fourth-order valence-electron chi connectivity index (χ4n) is 3.24. The fourth-order valence-corrected chi connectivity index (χ4v) is 3.24. The largest absolute Gasteiger partial charge is 0.393 e. The summed E-state index contributed by atoms with van der Waals surface area (Å²) < 4.78 is 26.5. The highest BCUT2D eigenvalue weighted by Crippen LogP contribution is 2.39. The third kappa shape index (κ3) is 3.88. The lowest BCUT2D eigenvalue weighted by Crippen LogP contribution is -2.36. The van der Waals surface area contributed by atoms with Crippen LogP contribution in [0.2, 0.25) is 0 Å². The lowest BCUT2D eigenvalue weighted by Gasteiger charge is -2.33. The van der Waals surface area contributed by atoms with E-state index in [0.717, 1.165) is 32.4 Å². The summed E-state index contributed by atoms with van der Waals surface area (Å²) >= 11 is 0. The van der Waals surface area contributed by atoms with Crippen LogP contribution < -0.4 is 5.32 Å². The molecule has 0 amide bonds. The number of alkyl halides is 2. The van der Waals surface area contributed by atoms with Crippen LogP contribution in [0.25, 0.3) is 0 Å². The summed E-state index contributed by atoms with van der Waals surface area (Å²) in [6.07, 6.45) is 3.63. The maximum atomic E-state index is 13.3. The number of halogens is 2. The Morgan fingerprint density at radius 2 is 1.94 bits per heavy atom. The molecule has 0 bridgehead atoms. The molecular weight excluding hydrogens is 224 g/mol. The van der Waals surface area contributed by atoms with Gasteiger partial charge in [0.2, 0.25) is 5.92 Å². The lowest BCUT2D eigenvalue weighted by molar-refractivity contribution is -0.0624. The molecule has 0 aromatic rings. The summed E-state index contributed by atoms with van der Waals surface area (Å²) in [5.74, 6) is -2.16. The predicted molar refractivity (Wildman–Crippen MR) is 63.1 cm³/mol. The molecule has 2 unspecified atom stereocenters. The molecule has 1 saturated carbocycles. The van der Waals surface area contributed by atoms with Gasteiger partial charge in [0.05, 0.1) is 6.10 Å². The third-order valence-electron chi connectivity index (χ3n) is 4.25. The molecule has 1 aliphatic carbocycles. The van der Waals surface area contributed by atoms with Crippen molar-refractivity contribution in [1.82, 2.24) is 5.32 Å². The maximum absolute atomic E-state index is 13.3. The van der Waals surface area contributed by atoms with Crippen molar-refractivity contribution in [3.63, 3.8) is 0 Å². The van der Waals surface area contributed by atoms with E-state index in [0.29, 0.717) is 18.8 Å². The quantitative estimate of drug-likeness (QED) is 0.803. The molecule has 4 heteroatoms. The Kier molecular flexibility index (Phi) is 4.36. The number of aliphatic hydroxyl groups is 1. The van der Waals surface area contributed by atoms with E-state index in [4.69, 9.17) is 0 Å². The van der Waals surface area contributed by atoms with Crippen LogP contribution in [0.5, 0.6) is 0 Å². The number of hydrogen-bond donors (Lipinski definition) is 2. The van der Waals surface area contributed by atoms with Crippen molar-refractivity contribution in [2.45, 2.75) is 57.0 Å². The zero-order valence-electron chi connectivity index (χ0n) is 10.3. The second-order valence-corrected chi connectivity index (χ2v) is 5.71. The first-order valence-corrected chi connectivity index (χ1v) is 6.83. The molecule has 2 atom stereocenters. The first-order valence-electron chi connectivity index (χ1n) is 6.83. The third-order valence-corrected chi connectivity index (χ3v) is 4.25. The highest BCUT2D eigenvalue weighted by molar-refractivity contribution is 4.83. The van der Waals surface area contributed by atoms with Gasteiger partial charge in [-0.2, -0.15) is 0 Å². The van der Waals surface area contributed by atoms with Crippen LogP contribution in [0.3, 0.4) is 0 Å². The van der Waals surface area contributed by atoms with E-state index in [1.165, 1.54) is 0 Å². The molecule has 2 N–H and O–H groups in total. The molecule has 1 heterocycles. The Hall–Kier alpha value is -0.220. The number of hydrogen-bond acceptors (Lipinski definition) is 2. The highest BCUT2D eigenvalue weighted by atomic mass is 19.3. The normalized spacial score (nSPS) is 32.3. The van der Waals surface area contributed by atoms with E-state index in [2.05, 4.69) is 5.32 Å². The van der Waals surface area contributed by atoms with Gasteiger partial charge in [-0.1, -0.05) is 0 Å². The van der Waals surface area contributed by atoms with Gasteiger partial charge in [-0.25, -0.2) is 8.78 Å². The highest BCUT2D eigenvalue weighted by Gasteiger charge is 2.37. The van der Waals surface area contributed by atoms with Crippen molar-refractivity contribution in [1.29, 1.82) is 0 Å². The van der Waals surface area contributed by atoms with Gasteiger partial charge in [0.25, 0.3) is 0 Å². The van der Waals surface area contributed by atoms with Crippen LogP contribution in [-0.2, 0) is 0 Å². The van der Waals surface area contributed by atoms with Crippen molar-refractivity contribution in [2.75, 3.05) is 13.1 Å². The molecule has 2 aliphatic rings. The van der Waals surface area contributed by atoms with Crippen molar-refractivity contribution < 1.29 is 13.9 Å². The topological polar surface area (TPSA) is 32.3 Å². The Morgan fingerprint density at radius 3 is 2.59 bits per heavy atom. The van der Waals surface area contributed by atoms with E-state index >= 15 is 0 Å². The molecule has 100 valence electrons. The van der Waals surface area contributed by atoms with Crippen LogP contribution in [0.1, 0.15) is 44.9 Å². The van der Waals surface area contributed by atoms with Gasteiger partial charge in [-0.05, 0) is 57.0 Å². The van der Waals surface area contributed by atoms with E-state index in [1.807, 2.05) is 0 Å². The van der Waals surface area contributed by atoms with Crippen molar-refractivity contribution >= 4 is 0 Å². The Morgan fingerprint density at radius 1 is 1.24 bits per heavy atom. The summed E-state index contributed by atoms with van der Waals surface area (Å²) in [5.41, 5.74) is 0. The van der Waals surface area contributed by atoms with E-state index in [9.17, 15) is 13.9 Å². The predicted octanol–water partition coefficient (Wildman–Crippen LogP) is 2.56. The molecule has 2 nitrogen and oxygen atoms in total. The minimum absolute atomic E-state index is 0.0173. The Balaban J connectivity index is 1.79. The first kappa shape index (κ1) is 13.2. The monoisotopic (exact) mass is 247 g/mol. The number of nitrogens with one attached hydrogen (secondary N) is 1. The minimum atomic E-state index is -2.49. The van der Waals surface area contributed by atoms with E-state index in [-0.39, 0.29) is 24.9 Å². The second kappa shape index (κ2) is 5.61. The molecule has 1 saturated heterocycles. The molecule has 0 aromatic carbocycles. The summed E-state index contributed by atoms with van der Waals surface area (Å²) in [7, 11) is 0. The van der Waals surface area contributed by atoms with Gasteiger partial charge in [0, 0.05) is 12.8 Å². The van der Waals surface area contributed by atoms with Crippen molar-refractivity contribution in [3.8, 4) is 0 Å². The molecule has 2 fully saturated rings. The first-order chi connectivity index (χ1) is 8.07. The van der Waals surface area contributed by atoms with Crippen LogP contribution in [0.4, 0.5) is 8.78 Å². The van der Waals surface area contributed by atoms with E-state index < -0.39 is 5.92 Å². The van der Waals surface area contributed by atoms with Crippen LogP contribution >= 0.6 is 0 Å². The zero-order valence-corrected chi connectivity index (χ0v) is 10.3. The maximum Gasteiger partial charge on any atom is 0.248 e. The average molecular weight is 247 g/mol. The molecule has 0 aromatic heterocycles. The Labute approximate surface area is 102 Å². The smallest absolute Gasteiger partial charge is 0.248 e. The minimum Gasteiger partial charge on any atom is -0.393 e.